The molecule has 1 aliphatic carbocycles. The van der Waals surface area contributed by atoms with Crippen molar-refractivity contribution in [1.29, 1.82) is 0 Å². The van der Waals surface area contributed by atoms with Gasteiger partial charge in [0.1, 0.15) is 16.9 Å². The molecule has 34 heavy (non-hydrogen) atoms. The molecule has 0 bridgehead atoms. The summed E-state index contributed by atoms with van der Waals surface area (Å²) >= 11 is 0. The summed E-state index contributed by atoms with van der Waals surface area (Å²) in [5.41, 5.74) is 1.88. The number of amides is 1. The standard InChI is InChI=1S/C24H25F2N7O/c1-13-9-33-11-16(7-19(26)23(33)27-13)29-24(34)21-18(25)8-20(17-12-31(2)30-22(17)21)32-6-5-15(10-32)28-14-3-4-14/h7-9,11-12,14-15,28H,3-6,10H2,1-2H3,(H,29,34). The van der Waals surface area contributed by atoms with Gasteiger partial charge in [-0.2, -0.15) is 5.10 Å². The molecule has 1 unspecified atom stereocenters. The summed E-state index contributed by atoms with van der Waals surface area (Å²) in [6.07, 6.45) is 8.45. The van der Waals surface area contributed by atoms with Gasteiger partial charge in [-0.3, -0.25) is 9.48 Å². The zero-order valence-corrected chi connectivity index (χ0v) is 19.0. The van der Waals surface area contributed by atoms with E-state index in [0.717, 1.165) is 25.2 Å². The van der Waals surface area contributed by atoms with Gasteiger partial charge >= 0.3 is 0 Å². The van der Waals surface area contributed by atoms with E-state index in [1.165, 1.54) is 29.4 Å². The Morgan fingerprint density at radius 3 is 2.71 bits per heavy atom. The minimum absolute atomic E-state index is 0.159. The zero-order chi connectivity index (χ0) is 23.6. The molecule has 1 atom stereocenters. The van der Waals surface area contributed by atoms with Crippen LogP contribution in [0, 0.1) is 18.6 Å². The first-order valence-electron chi connectivity index (χ1n) is 11.5. The number of hydrogen-bond acceptors (Lipinski definition) is 5. The Morgan fingerprint density at radius 2 is 1.91 bits per heavy atom. The molecule has 2 N–H and O–H groups in total. The quantitative estimate of drug-likeness (QED) is 0.472. The zero-order valence-electron chi connectivity index (χ0n) is 19.0. The molecule has 0 spiro atoms. The molecule has 4 aromatic rings. The predicted molar refractivity (Wildman–Crippen MR) is 125 cm³/mol. The van der Waals surface area contributed by atoms with Gasteiger partial charge in [-0.15, -0.1) is 0 Å². The predicted octanol–water partition coefficient (Wildman–Crippen LogP) is 3.39. The summed E-state index contributed by atoms with van der Waals surface area (Å²) in [4.78, 5) is 19.4. The van der Waals surface area contributed by atoms with Crippen LogP contribution in [0.3, 0.4) is 0 Å². The number of nitrogens with one attached hydrogen (secondary N) is 2. The number of aromatic nitrogens is 4. The van der Waals surface area contributed by atoms with E-state index in [2.05, 4.69) is 25.6 Å². The van der Waals surface area contributed by atoms with Crippen LogP contribution in [0.4, 0.5) is 20.2 Å². The molecule has 6 rings (SSSR count). The smallest absolute Gasteiger partial charge is 0.260 e. The summed E-state index contributed by atoms with van der Waals surface area (Å²) in [6.45, 7) is 3.35. The molecule has 2 fully saturated rings. The first-order chi connectivity index (χ1) is 16.4. The third kappa shape index (κ3) is 3.67. The summed E-state index contributed by atoms with van der Waals surface area (Å²) in [6, 6.07) is 3.59. The first-order valence-corrected chi connectivity index (χ1v) is 11.5. The average molecular weight is 466 g/mol. The molecule has 10 heteroatoms. The van der Waals surface area contributed by atoms with Crippen molar-refractivity contribution in [3.63, 3.8) is 0 Å². The molecule has 1 saturated heterocycles. The Morgan fingerprint density at radius 1 is 1.09 bits per heavy atom. The van der Waals surface area contributed by atoms with Gasteiger partial charge in [-0.05, 0) is 32.3 Å². The normalized spacial score (nSPS) is 18.4. The van der Waals surface area contributed by atoms with Crippen molar-refractivity contribution < 1.29 is 13.6 Å². The van der Waals surface area contributed by atoms with Crippen LogP contribution in [-0.4, -0.2) is 50.2 Å². The summed E-state index contributed by atoms with van der Waals surface area (Å²) in [5, 5.41) is 11.4. The molecule has 1 aromatic carbocycles. The number of carbonyl (C=O) groups is 1. The molecular formula is C24H25F2N7O. The highest BCUT2D eigenvalue weighted by Gasteiger charge is 2.31. The van der Waals surface area contributed by atoms with E-state index in [1.54, 1.807) is 31.0 Å². The van der Waals surface area contributed by atoms with Crippen LogP contribution < -0.4 is 15.5 Å². The van der Waals surface area contributed by atoms with Gasteiger partial charge in [0.25, 0.3) is 5.91 Å². The van der Waals surface area contributed by atoms with Crippen LogP contribution in [0.1, 0.15) is 35.3 Å². The third-order valence-electron chi connectivity index (χ3n) is 6.53. The van der Waals surface area contributed by atoms with Crippen LogP contribution in [0.2, 0.25) is 0 Å². The maximum Gasteiger partial charge on any atom is 0.260 e. The minimum atomic E-state index is -0.682. The number of fused-ring (bicyclic) bond motifs is 2. The van der Waals surface area contributed by atoms with Crippen molar-refractivity contribution in [1.82, 2.24) is 24.5 Å². The van der Waals surface area contributed by atoms with E-state index in [1.807, 2.05) is 6.20 Å². The SMILES string of the molecule is Cc1cn2cc(NC(=O)c3c(F)cc(N4CCC(NC5CC5)C4)c4cn(C)nc34)cc(F)c2n1. The average Bonchev–Trinajstić information content (AvgIpc) is 3.13. The second kappa shape index (κ2) is 7.76. The summed E-state index contributed by atoms with van der Waals surface area (Å²) in [7, 11) is 1.75. The van der Waals surface area contributed by atoms with E-state index >= 15 is 4.39 Å². The maximum atomic E-state index is 15.4. The van der Waals surface area contributed by atoms with Crippen molar-refractivity contribution >= 4 is 33.8 Å². The number of benzene rings is 1. The van der Waals surface area contributed by atoms with E-state index < -0.39 is 17.5 Å². The molecule has 1 aliphatic heterocycles. The second-order valence-electron chi connectivity index (χ2n) is 9.33. The lowest BCUT2D eigenvalue weighted by Gasteiger charge is -2.21. The fourth-order valence-corrected chi connectivity index (χ4v) is 4.86. The lowest BCUT2D eigenvalue weighted by Crippen LogP contribution is -2.34. The Hall–Kier alpha value is -3.53. The molecular weight excluding hydrogens is 440 g/mol. The fourth-order valence-electron chi connectivity index (χ4n) is 4.86. The van der Waals surface area contributed by atoms with Gasteiger partial charge in [0.15, 0.2) is 11.5 Å². The number of carbonyl (C=O) groups excluding carboxylic acids is 1. The van der Waals surface area contributed by atoms with Crippen LogP contribution in [0.15, 0.2) is 30.7 Å². The second-order valence-corrected chi connectivity index (χ2v) is 9.33. The molecule has 3 aromatic heterocycles. The molecule has 2 aliphatic rings. The van der Waals surface area contributed by atoms with Crippen LogP contribution in [-0.2, 0) is 7.05 Å². The van der Waals surface area contributed by atoms with E-state index in [4.69, 9.17) is 0 Å². The van der Waals surface area contributed by atoms with Gasteiger partial charge < -0.3 is 19.9 Å². The highest BCUT2D eigenvalue weighted by Crippen LogP contribution is 2.34. The Balaban J connectivity index is 1.33. The van der Waals surface area contributed by atoms with E-state index in [9.17, 15) is 9.18 Å². The Bertz CT molecular complexity index is 1440. The minimum Gasteiger partial charge on any atom is -0.369 e. The van der Waals surface area contributed by atoms with Crippen molar-refractivity contribution in [3.8, 4) is 0 Å². The Labute approximate surface area is 194 Å². The number of aryl methyl sites for hydroxylation is 2. The largest absolute Gasteiger partial charge is 0.369 e. The molecule has 1 saturated carbocycles. The number of hydrogen-bond donors (Lipinski definition) is 2. The monoisotopic (exact) mass is 465 g/mol. The molecule has 8 nitrogen and oxygen atoms in total. The number of halogens is 2. The van der Waals surface area contributed by atoms with E-state index in [-0.39, 0.29) is 22.4 Å². The highest BCUT2D eigenvalue weighted by molar-refractivity contribution is 6.14. The van der Waals surface area contributed by atoms with Crippen molar-refractivity contribution in [2.75, 3.05) is 23.3 Å². The molecule has 0 radical (unpaired) electrons. The topological polar surface area (TPSA) is 79.5 Å². The number of rotatable bonds is 5. The molecule has 1 amide bonds. The van der Waals surface area contributed by atoms with Gasteiger partial charge in [0.05, 0.1) is 17.1 Å². The Kier molecular flexibility index (Phi) is 4.80. The van der Waals surface area contributed by atoms with Crippen LogP contribution in [0.5, 0.6) is 0 Å². The number of anilines is 2. The highest BCUT2D eigenvalue weighted by atomic mass is 19.1. The fraction of sp³-hybridized carbons (Fsp3) is 0.375. The number of imidazole rings is 1. The number of pyridine rings is 1. The third-order valence-corrected chi connectivity index (χ3v) is 6.53. The number of nitrogens with zero attached hydrogens (tertiary/aromatic N) is 5. The van der Waals surface area contributed by atoms with Gasteiger partial charge in [0, 0.05) is 62.3 Å². The summed E-state index contributed by atoms with van der Waals surface area (Å²) in [5.74, 6) is -1.91. The lowest BCUT2D eigenvalue weighted by atomic mass is 10.1. The van der Waals surface area contributed by atoms with E-state index in [0.29, 0.717) is 23.2 Å². The van der Waals surface area contributed by atoms with Gasteiger partial charge in [0.2, 0.25) is 0 Å². The molecule has 176 valence electrons. The molecule has 4 heterocycles. The van der Waals surface area contributed by atoms with Crippen molar-refractivity contribution in [2.24, 2.45) is 7.05 Å². The van der Waals surface area contributed by atoms with Crippen molar-refractivity contribution in [3.05, 3.63) is 53.6 Å². The summed E-state index contributed by atoms with van der Waals surface area (Å²) < 4.78 is 32.9. The van der Waals surface area contributed by atoms with Gasteiger partial charge in [-0.25, -0.2) is 13.8 Å². The van der Waals surface area contributed by atoms with Gasteiger partial charge in [-0.1, -0.05) is 0 Å². The van der Waals surface area contributed by atoms with Crippen LogP contribution in [0.25, 0.3) is 16.6 Å². The maximum absolute atomic E-state index is 15.4. The van der Waals surface area contributed by atoms with Crippen LogP contribution >= 0.6 is 0 Å². The first kappa shape index (κ1) is 21.0. The van der Waals surface area contributed by atoms with Crippen molar-refractivity contribution in [2.45, 2.75) is 38.3 Å². The lowest BCUT2D eigenvalue weighted by molar-refractivity contribution is 0.102.